The number of ether oxygens (including phenoxy) is 6. The lowest BCUT2D eigenvalue weighted by Gasteiger charge is -2.42. The number of methoxy groups -OCH3 is 1. The van der Waals surface area contributed by atoms with Crippen LogP contribution >= 0.6 is 0 Å². The van der Waals surface area contributed by atoms with Gasteiger partial charge < -0.3 is 38.7 Å². The highest BCUT2D eigenvalue weighted by Gasteiger charge is 2.61. The zero-order valence-electron chi connectivity index (χ0n) is 17.1. The molecule has 4 aliphatic heterocycles. The molecule has 4 saturated heterocycles. The summed E-state index contributed by atoms with van der Waals surface area (Å²) >= 11 is 0. The molecule has 13 nitrogen and oxygen atoms in total. The predicted octanol–water partition coefficient (Wildman–Crippen LogP) is -1.90. The van der Waals surface area contributed by atoms with Gasteiger partial charge in [-0.1, -0.05) is 0 Å². The first-order valence-electron chi connectivity index (χ1n) is 9.98. The Bertz CT molecular complexity index is 949. The van der Waals surface area contributed by atoms with E-state index in [0.717, 1.165) is 15.7 Å². The molecule has 0 aromatic carbocycles. The number of rotatable bonds is 3. The Hall–Kier alpha value is -1.68. The molecule has 9 atom stereocenters. The van der Waals surface area contributed by atoms with Crippen LogP contribution in [-0.4, -0.2) is 93.5 Å². The predicted molar refractivity (Wildman–Crippen MR) is 97.9 cm³/mol. The first-order valence-corrected chi connectivity index (χ1v) is 9.98. The van der Waals surface area contributed by atoms with Crippen LogP contribution in [0.2, 0.25) is 0 Å². The van der Waals surface area contributed by atoms with E-state index in [1.807, 2.05) is 0 Å². The molecule has 0 bridgehead atoms. The highest BCUT2D eigenvalue weighted by molar-refractivity contribution is 5.03. The number of fused-ring (bicyclic) bond motifs is 2. The normalized spacial score (nSPS) is 44.4. The third-order valence-corrected chi connectivity index (χ3v) is 6.04. The maximum atomic E-state index is 12.1. The molecule has 4 fully saturated rings. The minimum absolute atomic E-state index is 0.0247. The summed E-state index contributed by atoms with van der Waals surface area (Å²) in [6.45, 7) is 3.56. The minimum atomic E-state index is -1.29. The minimum Gasteiger partial charge on any atom is -0.387 e. The highest BCUT2D eigenvalue weighted by Crippen LogP contribution is 2.43. The topological polar surface area (TPSA) is 154 Å². The van der Waals surface area contributed by atoms with Crippen molar-refractivity contribution >= 4 is 0 Å². The van der Waals surface area contributed by atoms with Crippen molar-refractivity contribution in [3.8, 4) is 0 Å². The molecule has 172 valence electrons. The lowest BCUT2D eigenvalue weighted by atomic mass is 10.0. The summed E-state index contributed by atoms with van der Waals surface area (Å²) < 4.78 is 35.7. The van der Waals surface area contributed by atoms with Gasteiger partial charge in [-0.25, -0.2) is 4.79 Å². The molecule has 4 unspecified atom stereocenters. The number of aliphatic hydroxyl groups excluding tert-OH is 1. The first-order chi connectivity index (χ1) is 14.7. The van der Waals surface area contributed by atoms with Gasteiger partial charge in [0.1, 0.15) is 30.5 Å². The molecule has 5 rings (SSSR count). The van der Waals surface area contributed by atoms with Gasteiger partial charge >= 0.3 is 5.69 Å². The number of hydrogen-bond donors (Lipinski definition) is 3. The van der Waals surface area contributed by atoms with E-state index in [4.69, 9.17) is 28.4 Å². The number of aliphatic hydroxyl groups is 1. The molecule has 0 amide bonds. The van der Waals surface area contributed by atoms with Crippen LogP contribution in [0.15, 0.2) is 21.9 Å². The fraction of sp³-hybridized carbons (Fsp3) is 0.778. The molecular formula is C18H25N3O10. The summed E-state index contributed by atoms with van der Waals surface area (Å²) in [6, 6.07) is 0.230. The van der Waals surface area contributed by atoms with Gasteiger partial charge in [0.25, 0.3) is 5.56 Å². The third kappa shape index (κ3) is 3.37. The summed E-state index contributed by atoms with van der Waals surface area (Å²) in [6.07, 6.45) is -5.50. The van der Waals surface area contributed by atoms with Crippen LogP contribution in [-0.2, 0) is 28.4 Å². The van der Waals surface area contributed by atoms with Gasteiger partial charge in [-0.15, -0.1) is 0 Å². The second kappa shape index (κ2) is 7.43. The number of H-pyrrole nitrogens is 1. The molecule has 0 aliphatic carbocycles. The largest absolute Gasteiger partial charge is 0.387 e. The van der Waals surface area contributed by atoms with Crippen molar-refractivity contribution in [2.45, 2.75) is 74.9 Å². The van der Waals surface area contributed by atoms with Gasteiger partial charge in [-0.3, -0.25) is 14.3 Å². The zero-order valence-corrected chi connectivity index (χ0v) is 17.1. The molecule has 13 heteroatoms. The summed E-state index contributed by atoms with van der Waals surface area (Å²) in [5.74, 6) is -0.832. The van der Waals surface area contributed by atoms with Gasteiger partial charge in [-0.05, 0) is 13.8 Å². The van der Waals surface area contributed by atoms with Crippen LogP contribution in [0.3, 0.4) is 0 Å². The molecule has 0 saturated carbocycles. The maximum Gasteiger partial charge on any atom is 0.330 e. The van der Waals surface area contributed by atoms with Crippen LogP contribution < -0.4 is 11.2 Å². The van der Waals surface area contributed by atoms with Gasteiger partial charge in [0.05, 0.1) is 12.6 Å². The number of hydrogen-bond acceptors (Lipinski definition) is 11. The lowest BCUT2D eigenvalue weighted by Crippen LogP contribution is -2.62. The van der Waals surface area contributed by atoms with Crippen molar-refractivity contribution in [2.75, 3.05) is 13.7 Å². The Kier molecular flexibility index (Phi) is 5.08. The van der Waals surface area contributed by atoms with Crippen molar-refractivity contribution < 1.29 is 38.7 Å². The van der Waals surface area contributed by atoms with E-state index in [0.29, 0.717) is 0 Å². The van der Waals surface area contributed by atoms with E-state index in [-0.39, 0.29) is 6.61 Å². The van der Waals surface area contributed by atoms with Crippen LogP contribution in [0.25, 0.3) is 0 Å². The first kappa shape index (κ1) is 21.2. The fourth-order valence-electron chi connectivity index (χ4n) is 4.74. The van der Waals surface area contributed by atoms with E-state index < -0.39 is 72.3 Å². The van der Waals surface area contributed by atoms with E-state index in [1.54, 1.807) is 13.8 Å². The smallest absolute Gasteiger partial charge is 0.330 e. The average Bonchev–Trinajstić information content (AvgIpc) is 3.29. The summed E-state index contributed by atoms with van der Waals surface area (Å²) in [4.78, 5) is 25.6. The molecule has 5 heterocycles. The van der Waals surface area contributed by atoms with Crippen molar-refractivity contribution in [1.29, 1.82) is 0 Å². The quantitative estimate of drug-likeness (QED) is 0.480. The van der Waals surface area contributed by atoms with Crippen LogP contribution in [0.5, 0.6) is 0 Å². The second-order valence-electron chi connectivity index (χ2n) is 8.44. The summed E-state index contributed by atoms with van der Waals surface area (Å²) in [5, 5.41) is 22.6. The Morgan fingerprint density at radius 2 is 1.97 bits per heavy atom. The highest BCUT2D eigenvalue weighted by atomic mass is 16.8. The molecule has 0 radical (unpaired) electrons. The summed E-state index contributed by atoms with van der Waals surface area (Å²) in [7, 11) is 1.50. The lowest BCUT2D eigenvalue weighted by molar-refractivity contribution is -0.331. The van der Waals surface area contributed by atoms with Crippen LogP contribution in [0, 0.1) is 0 Å². The average molecular weight is 443 g/mol. The Morgan fingerprint density at radius 1 is 1.19 bits per heavy atom. The third-order valence-electron chi connectivity index (χ3n) is 6.04. The van der Waals surface area contributed by atoms with E-state index in [1.165, 1.54) is 13.3 Å². The van der Waals surface area contributed by atoms with Crippen molar-refractivity contribution in [3.63, 3.8) is 0 Å². The number of aromatic nitrogens is 2. The van der Waals surface area contributed by atoms with E-state index in [2.05, 4.69) is 4.98 Å². The van der Waals surface area contributed by atoms with Crippen molar-refractivity contribution in [1.82, 2.24) is 14.6 Å². The molecule has 1 aromatic heterocycles. The molecule has 4 aliphatic rings. The Morgan fingerprint density at radius 3 is 2.68 bits per heavy atom. The fourth-order valence-corrected chi connectivity index (χ4v) is 4.74. The number of nitrogens with one attached hydrogen (secondary N) is 1. The molecular weight excluding hydrogens is 418 g/mol. The number of nitrogens with zero attached hydrogens (tertiary/aromatic N) is 2. The second-order valence-corrected chi connectivity index (χ2v) is 8.44. The Labute approximate surface area is 175 Å². The number of hydroxylamine groups is 2. The zero-order chi connectivity index (χ0) is 22.1. The summed E-state index contributed by atoms with van der Waals surface area (Å²) in [5.41, 5.74) is -1.30. The monoisotopic (exact) mass is 443 g/mol. The SMILES string of the molecule is CO[C@@H]1C2OC(C)(C)OC2O[C@@H]1C1OC[C@H]2O[C@@H](n3ccc(=O)[nH]c3=O)C(O)[C@H]2N1O. The molecule has 31 heavy (non-hydrogen) atoms. The van der Waals surface area contributed by atoms with Gasteiger partial charge in [0, 0.05) is 19.4 Å². The molecule has 0 spiro atoms. The molecule has 3 N–H and O–H groups in total. The van der Waals surface area contributed by atoms with E-state index >= 15 is 0 Å². The van der Waals surface area contributed by atoms with Crippen LogP contribution in [0.4, 0.5) is 0 Å². The van der Waals surface area contributed by atoms with Gasteiger partial charge in [-0.2, -0.15) is 5.06 Å². The van der Waals surface area contributed by atoms with Crippen molar-refractivity contribution in [2.24, 2.45) is 0 Å². The van der Waals surface area contributed by atoms with Crippen molar-refractivity contribution in [3.05, 3.63) is 33.1 Å². The van der Waals surface area contributed by atoms with Crippen LogP contribution in [0.1, 0.15) is 20.1 Å². The van der Waals surface area contributed by atoms with E-state index in [9.17, 15) is 19.9 Å². The van der Waals surface area contributed by atoms with Gasteiger partial charge in [0.15, 0.2) is 24.5 Å². The Balaban J connectivity index is 1.36. The number of aromatic amines is 1. The van der Waals surface area contributed by atoms with Gasteiger partial charge in [0.2, 0.25) is 0 Å². The molecule has 1 aromatic rings. The maximum absolute atomic E-state index is 12.1. The standard InChI is InChI=1S/C18H25N3O10/c1-18(2)30-13-11(26-3)12(29-16(13)31-18)15-21(25)9-7(6-27-15)28-14(10(9)23)20-5-4-8(22)19-17(20)24/h4-5,7,9-16,23,25H,6H2,1-3H3,(H,19,22,24)/t7-,9+,10?,11+,12+,13?,14-,15?,16?/m1/s1.